The van der Waals surface area contributed by atoms with Gasteiger partial charge >= 0.3 is 0 Å². The third-order valence-corrected chi connectivity index (χ3v) is 9.48. The van der Waals surface area contributed by atoms with Crippen LogP contribution in [-0.4, -0.2) is 13.5 Å². The molecule has 0 atom stereocenters. The number of hydrogen-bond acceptors (Lipinski definition) is 0. The van der Waals surface area contributed by atoms with Crippen LogP contribution in [0.1, 0.15) is 0 Å². The summed E-state index contributed by atoms with van der Waals surface area (Å²) in [6.07, 6.45) is 0. The lowest BCUT2D eigenvalue weighted by molar-refractivity contribution is 1.09. The Morgan fingerprint density at radius 3 is 1.20 bits per heavy atom. The molecule has 11 rings (SSSR count). The van der Waals surface area contributed by atoms with Gasteiger partial charge in [0.15, 0.2) is 0 Å². The molecule has 41 heavy (non-hydrogen) atoms. The molecule has 4 aliphatic rings. The lowest BCUT2D eigenvalue weighted by Gasteiger charge is -2.30. The molecule has 0 amide bonds. The van der Waals surface area contributed by atoms with E-state index in [4.69, 9.17) is 0 Å². The molecule has 0 saturated carbocycles. The fourth-order valence-electron chi connectivity index (χ4n) is 8.01. The Kier molecular flexibility index (Phi) is 3.37. The molecule has 7 aromatic rings. The van der Waals surface area contributed by atoms with Crippen molar-refractivity contribution in [3.63, 3.8) is 0 Å². The molecular weight excluding hydrogens is 498 g/mol. The normalized spacial score (nSPS) is 12.9. The lowest BCUT2D eigenvalue weighted by Crippen LogP contribution is -2.15. The Bertz CT molecular complexity index is 2600. The fourth-order valence-corrected chi connectivity index (χ4v) is 8.01. The number of para-hydroxylation sites is 3. The van der Waals surface area contributed by atoms with Gasteiger partial charge in [-0.3, -0.25) is 0 Å². The SMILES string of the molecule is c1cc2cccc3c2c(c1)c1cccc2c1-n3c1cccc3c1n2c1cccc2c1-n3c1cccc3cccc2c31. The van der Waals surface area contributed by atoms with Crippen molar-refractivity contribution < 1.29 is 0 Å². The third kappa shape index (κ3) is 2.20. The van der Waals surface area contributed by atoms with Crippen LogP contribution in [0.5, 0.6) is 0 Å². The van der Waals surface area contributed by atoms with E-state index >= 15 is 0 Å². The van der Waals surface area contributed by atoms with E-state index in [2.05, 4.69) is 141 Å². The average molecular weight is 520 g/mol. The summed E-state index contributed by atoms with van der Waals surface area (Å²) in [5.41, 5.74) is 11.1. The summed E-state index contributed by atoms with van der Waals surface area (Å²) >= 11 is 0. The molecule has 0 bridgehead atoms. The van der Waals surface area contributed by atoms with Gasteiger partial charge in [0.05, 0.1) is 50.0 Å². The molecule has 0 spiro atoms. The highest BCUT2D eigenvalue weighted by molar-refractivity contribution is 6.24. The minimum Gasteiger partial charge on any atom is -0.305 e. The van der Waals surface area contributed by atoms with Gasteiger partial charge in [0.1, 0.15) is 0 Å². The van der Waals surface area contributed by atoms with Gasteiger partial charge in [-0.1, -0.05) is 91.0 Å². The first kappa shape index (κ1) is 20.4. The summed E-state index contributed by atoms with van der Waals surface area (Å²) < 4.78 is 7.56. The Labute approximate surface area is 233 Å². The molecule has 3 nitrogen and oxygen atoms in total. The van der Waals surface area contributed by atoms with Crippen molar-refractivity contribution in [1.82, 2.24) is 13.5 Å². The van der Waals surface area contributed by atoms with Gasteiger partial charge in [0, 0.05) is 21.5 Å². The lowest BCUT2D eigenvalue weighted by atomic mass is 9.96. The Morgan fingerprint density at radius 2 is 0.683 bits per heavy atom. The number of aromatic nitrogens is 3. The second-order valence-electron chi connectivity index (χ2n) is 11.4. The van der Waals surface area contributed by atoms with Crippen LogP contribution in [-0.2, 0) is 0 Å². The highest BCUT2D eigenvalue weighted by atomic mass is 15.1. The second kappa shape index (κ2) is 6.78. The minimum atomic E-state index is 1.21. The maximum atomic E-state index is 2.53. The molecule has 0 fully saturated rings. The fraction of sp³-hybridized carbons (Fsp3) is 0. The molecule has 0 aliphatic carbocycles. The molecule has 0 N–H and O–H groups in total. The van der Waals surface area contributed by atoms with Crippen LogP contribution in [0.25, 0.3) is 93.1 Å². The number of hydrogen-bond donors (Lipinski definition) is 0. The summed E-state index contributed by atoms with van der Waals surface area (Å²) in [5.74, 6) is 0. The molecule has 0 unspecified atom stereocenters. The molecule has 7 aromatic carbocycles. The largest absolute Gasteiger partial charge is 0.305 e. The Hall–Kier alpha value is -5.54. The van der Waals surface area contributed by atoms with E-state index in [1.54, 1.807) is 0 Å². The van der Waals surface area contributed by atoms with Gasteiger partial charge < -0.3 is 13.5 Å². The minimum absolute atomic E-state index is 1.21. The summed E-state index contributed by atoms with van der Waals surface area (Å²) in [6, 6.07) is 47.3. The van der Waals surface area contributed by atoms with Gasteiger partial charge in [-0.2, -0.15) is 0 Å². The topological polar surface area (TPSA) is 14.3 Å². The zero-order valence-electron chi connectivity index (χ0n) is 22.0. The van der Waals surface area contributed by atoms with Crippen LogP contribution >= 0.6 is 0 Å². The van der Waals surface area contributed by atoms with Crippen molar-refractivity contribution in [2.45, 2.75) is 0 Å². The quantitative estimate of drug-likeness (QED) is 0.140. The van der Waals surface area contributed by atoms with E-state index in [1.807, 2.05) is 0 Å². The van der Waals surface area contributed by atoms with Crippen LogP contribution < -0.4 is 0 Å². The van der Waals surface area contributed by atoms with Crippen LogP contribution in [0, 0.1) is 0 Å². The van der Waals surface area contributed by atoms with Crippen molar-refractivity contribution in [3.05, 3.63) is 127 Å². The molecule has 0 aromatic heterocycles. The summed E-state index contributed by atoms with van der Waals surface area (Å²) in [5, 5.41) is 10.4. The van der Waals surface area contributed by atoms with Crippen LogP contribution in [0.4, 0.5) is 0 Å². The van der Waals surface area contributed by atoms with Gasteiger partial charge in [0.2, 0.25) is 0 Å². The van der Waals surface area contributed by atoms with Crippen molar-refractivity contribution in [2.75, 3.05) is 0 Å². The first-order valence-corrected chi connectivity index (χ1v) is 14.2. The van der Waals surface area contributed by atoms with Crippen LogP contribution in [0.2, 0.25) is 0 Å². The monoisotopic (exact) mass is 519 g/mol. The molecule has 4 heterocycles. The third-order valence-electron chi connectivity index (χ3n) is 9.48. The second-order valence-corrected chi connectivity index (χ2v) is 11.4. The Balaban J connectivity index is 1.57. The number of pyridine rings is 2. The number of fused-ring (bicyclic) bond motifs is 8. The van der Waals surface area contributed by atoms with E-state index in [0.29, 0.717) is 0 Å². The van der Waals surface area contributed by atoms with Crippen molar-refractivity contribution in [3.8, 4) is 11.4 Å². The van der Waals surface area contributed by atoms with Crippen LogP contribution in [0.15, 0.2) is 127 Å². The van der Waals surface area contributed by atoms with Crippen LogP contribution in [0.3, 0.4) is 0 Å². The summed E-state index contributed by atoms with van der Waals surface area (Å²) in [7, 11) is 0. The molecule has 0 radical (unpaired) electrons. The molecule has 0 saturated heterocycles. The maximum Gasteiger partial charge on any atom is 0.0947 e. The zero-order chi connectivity index (χ0) is 26.4. The summed E-state index contributed by atoms with van der Waals surface area (Å²) in [6.45, 7) is 0. The van der Waals surface area contributed by atoms with Crippen molar-refractivity contribution in [1.29, 1.82) is 0 Å². The van der Waals surface area contributed by atoms with E-state index in [-0.39, 0.29) is 0 Å². The summed E-state index contributed by atoms with van der Waals surface area (Å²) in [4.78, 5) is 0. The number of benzene rings is 7. The number of nitrogens with zero attached hydrogens (tertiary/aromatic N) is 3. The first-order valence-electron chi connectivity index (χ1n) is 14.2. The molecule has 188 valence electrons. The smallest absolute Gasteiger partial charge is 0.0947 e. The molecule has 4 aliphatic heterocycles. The highest BCUT2D eigenvalue weighted by Gasteiger charge is 2.26. The maximum absolute atomic E-state index is 2.53. The highest BCUT2D eigenvalue weighted by Crippen LogP contribution is 2.46. The van der Waals surface area contributed by atoms with Crippen molar-refractivity contribution in [2.24, 2.45) is 0 Å². The van der Waals surface area contributed by atoms with Gasteiger partial charge in [-0.05, 0) is 57.9 Å². The predicted molar refractivity (Wildman–Crippen MR) is 172 cm³/mol. The predicted octanol–water partition coefficient (Wildman–Crippen LogP) is 9.91. The molecule has 3 heteroatoms. The van der Waals surface area contributed by atoms with Gasteiger partial charge in [-0.15, -0.1) is 0 Å². The average Bonchev–Trinajstić information content (AvgIpc) is 3.03. The zero-order valence-corrected chi connectivity index (χ0v) is 22.0. The van der Waals surface area contributed by atoms with Gasteiger partial charge in [-0.25, -0.2) is 0 Å². The Morgan fingerprint density at radius 1 is 0.317 bits per heavy atom. The van der Waals surface area contributed by atoms with E-state index in [0.717, 1.165) is 0 Å². The van der Waals surface area contributed by atoms with Crippen molar-refractivity contribution >= 4 is 81.7 Å². The van der Waals surface area contributed by atoms with Gasteiger partial charge in [0.25, 0.3) is 0 Å². The van der Waals surface area contributed by atoms with E-state index < -0.39 is 0 Å². The number of rotatable bonds is 0. The standard InChI is InChI=1S/C38H21N3/c1-8-22-10-3-16-28-34(22)24(12-1)26-14-5-18-30-36(26)39(28)32-20-7-21-33-38(32)41(30)31-19-6-15-27-25-13-2-9-23-11-4-17-29(35(23)25)40(33)37(27)31/h1-21H. The molecular formula is C38H21N3. The first-order chi connectivity index (χ1) is 20.4. The van der Waals surface area contributed by atoms with E-state index in [9.17, 15) is 0 Å². The van der Waals surface area contributed by atoms with E-state index in [1.165, 1.54) is 93.1 Å².